The van der Waals surface area contributed by atoms with E-state index in [1.807, 2.05) is 0 Å². The third-order valence-corrected chi connectivity index (χ3v) is 5.90. The number of oxime groups is 1. The zero-order chi connectivity index (χ0) is 26.9. The van der Waals surface area contributed by atoms with Crippen LogP contribution in [0.4, 0.5) is 22.0 Å². The molecule has 0 spiro atoms. The summed E-state index contributed by atoms with van der Waals surface area (Å²) >= 11 is 12.0. The van der Waals surface area contributed by atoms with Gasteiger partial charge in [-0.3, -0.25) is 9.59 Å². The standard InChI is InChI=1S/C23H20Cl2F5N3O3/c1-12-5-13(3-4-17(12)20(35)31-10-19(34)32-11-23(28,29)30)18-9-22(36-33-18,21(2,26)27)14-6-15(24)8-16(25)7-14/h3-8H,9-11H2,1-2H3,(H,31,35)(H,32,34). The molecule has 1 aliphatic rings. The van der Waals surface area contributed by atoms with E-state index >= 15 is 0 Å². The van der Waals surface area contributed by atoms with Gasteiger partial charge in [0.15, 0.2) is 0 Å². The van der Waals surface area contributed by atoms with Crippen LogP contribution < -0.4 is 10.6 Å². The molecule has 0 radical (unpaired) electrons. The van der Waals surface area contributed by atoms with E-state index in [4.69, 9.17) is 28.0 Å². The molecular formula is C23H20Cl2F5N3O3. The summed E-state index contributed by atoms with van der Waals surface area (Å²) in [7, 11) is 0. The maximum atomic E-state index is 14.8. The van der Waals surface area contributed by atoms with Gasteiger partial charge in [-0.2, -0.15) is 13.2 Å². The molecule has 36 heavy (non-hydrogen) atoms. The third kappa shape index (κ3) is 6.25. The average Bonchev–Trinajstić information content (AvgIpc) is 3.22. The Morgan fingerprint density at radius 2 is 1.69 bits per heavy atom. The number of carbonyl (C=O) groups is 2. The molecule has 0 aliphatic carbocycles. The van der Waals surface area contributed by atoms with E-state index in [9.17, 15) is 31.5 Å². The molecule has 2 aromatic rings. The Bertz CT molecular complexity index is 1190. The summed E-state index contributed by atoms with van der Waals surface area (Å²) in [5, 5.41) is 8.06. The Morgan fingerprint density at radius 3 is 2.25 bits per heavy atom. The monoisotopic (exact) mass is 551 g/mol. The fourth-order valence-corrected chi connectivity index (χ4v) is 4.16. The number of aryl methyl sites for hydroxylation is 1. The first-order valence-corrected chi connectivity index (χ1v) is 11.2. The van der Waals surface area contributed by atoms with Gasteiger partial charge >= 0.3 is 6.18 Å². The number of amides is 2. The van der Waals surface area contributed by atoms with Gasteiger partial charge in [0.05, 0.1) is 12.3 Å². The second-order valence-electron chi connectivity index (χ2n) is 8.28. The predicted molar refractivity (Wildman–Crippen MR) is 124 cm³/mol. The van der Waals surface area contributed by atoms with Crippen LogP contribution in [0, 0.1) is 6.92 Å². The second kappa shape index (κ2) is 10.2. The predicted octanol–water partition coefficient (Wildman–Crippen LogP) is 5.39. The molecule has 6 nitrogen and oxygen atoms in total. The molecule has 1 heterocycles. The molecule has 13 heteroatoms. The first-order valence-electron chi connectivity index (χ1n) is 10.4. The number of nitrogens with zero attached hydrogens (tertiary/aromatic N) is 1. The van der Waals surface area contributed by atoms with Crippen LogP contribution in [0.1, 0.15) is 40.4 Å². The van der Waals surface area contributed by atoms with Gasteiger partial charge in [-0.25, -0.2) is 8.78 Å². The van der Waals surface area contributed by atoms with E-state index in [0.717, 1.165) is 0 Å². The van der Waals surface area contributed by atoms with Crippen molar-refractivity contribution in [1.29, 1.82) is 0 Å². The lowest BCUT2D eigenvalue weighted by Gasteiger charge is -2.33. The summed E-state index contributed by atoms with van der Waals surface area (Å²) in [5.74, 6) is -5.09. The minimum atomic E-state index is -4.57. The molecule has 194 valence electrons. The Balaban J connectivity index is 1.75. The van der Waals surface area contributed by atoms with Gasteiger partial charge in [0.25, 0.3) is 11.8 Å². The molecular weight excluding hydrogens is 532 g/mol. The average molecular weight is 552 g/mol. The first-order chi connectivity index (χ1) is 16.6. The number of hydrogen-bond acceptors (Lipinski definition) is 4. The zero-order valence-electron chi connectivity index (χ0n) is 18.9. The zero-order valence-corrected chi connectivity index (χ0v) is 20.4. The number of halogens is 7. The fraction of sp³-hybridized carbons (Fsp3) is 0.348. The smallest absolute Gasteiger partial charge is 0.377 e. The van der Waals surface area contributed by atoms with Crippen LogP contribution in [-0.4, -0.2) is 42.7 Å². The maximum Gasteiger partial charge on any atom is 0.405 e. The number of alkyl halides is 5. The van der Waals surface area contributed by atoms with E-state index in [-0.39, 0.29) is 33.3 Å². The first kappa shape index (κ1) is 27.7. The molecule has 0 saturated heterocycles. The van der Waals surface area contributed by atoms with E-state index in [2.05, 4.69) is 10.5 Å². The minimum Gasteiger partial charge on any atom is -0.377 e. The van der Waals surface area contributed by atoms with Crippen LogP contribution in [-0.2, 0) is 15.2 Å². The Kier molecular flexibility index (Phi) is 7.85. The van der Waals surface area contributed by atoms with Crippen LogP contribution in [0.2, 0.25) is 10.0 Å². The molecule has 3 rings (SSSR count). The SMILES string of the molecule is Cc1cc(C2=NOC(c3cc(Cl)cc(Cl)c3)(C(C)(F)F)C2)ccc1C(=O)NCC(=O)NCC(F)(F)F. The molecule has 2 amide bonds. The van der Waals surface area contributed by atoms with Gasteiger partial charge in [-0.05, 0) is 48.4 Å². The quantitative estimate of drug-likeness (QED) is 0.453. The lowest BCUT2D eigenvalue weighted by atomic mass is 9.82. The normalized spacial score (nSPS) is 17.9. The van der Waals surface area contributed by atoms with Gasteiger partial charge in [0, 0.05) is 34.5 Å². The molecule has 2 N–H and O–H groups in total. The summed E-state index contributed by atoms with van der Waals surface area (Å²) < 4.78 is 66.1. The highest BCUT2D eigenvalue weighted by Gasteiger charge is 2.58. The number of benzene rings is 2. The lowest BCUT2D eigenvalue weighted by Crippen LogP contribution is -2.43. The topological polar surface area (TPSA) is 79.8 Å². The van der Waals surface area contributed by atoms with Crippen molar-refractivity contribution in [2.45, 2.75) is 38.0 Å². The van der Waals surface area contributed by atoms with Crippen molar-refractivity contribution in [2.75, 3.05) is 13.1 Å². The summed E-state index contributed by atoms with van der Waals surface area (Å²) in [6.07, 6.45) is -4.89. The van der Waals surface area contributed by atoms with E-state index in [0.29, 0.717) is 18.1 Å². The molecule has 0 saturated carbocycles. The Labute approximate surface area is 212 Å². The van der Waals surface area contributed by atoms with Crippen molar-refractivity contribution in [3.63, 3.8) is 0 Å². The van der Waals surface area contributed by atoms with E-state index < -0.39 is 42.6 Å². The Hall–Kier alpha value is -2.92. The van der Waals surface area contributed by atoms with E-state index in [1.54, 1.807) is 12.2 Å². The van der Waals surface area contributed by atoms with Crippen LogP contribution in [0.25, 0.3) is 0 Å². The molecule has 2 aromatic carbocycles. The largest absolute Gasteiger partial charge is 0.405 e. The highest BCUT2D eigenvalue weighted by Crippen LogP contribution is 2.48. The fourth-order valence-electron chi connectivity index (χ4n) is 3.63. The van der Waals surface area contributed by atoms with E-state index in [1.165, 1.54) is 36.4 Å². The van der Waals surface area contributed by atoms with Gasteiger partial charge in [-0.1, -0.05) is 34.4 Å². The number of carbonyl (C=O) groups excluding carboxylic acids is 2. The van der Waals surface area contributed by atoms with Crippen LogP contribution in [0.15, 0.2) is 41.6 Å². The summed E-state index contributed by atoms with van der Waals surface area (Å²) in [6.45, 7) is 0.0903. The molecule has 1 atom stereocenters. The van der Waals surface area contributed by atoms with Crippen molar-refractivity contribution < 1.29 is 36.4 Å². The third-order valence-electron chi connectivity index (χ3n) is 5.47. The highest BCUT2D eigenvalue weighted by molar-refractivity contribution is 6.34. The van der Waals surface area contributed by atoms with Gasteiger partial charge in [0.2, 0.25) is 11.5 Å². The molecule has 0 aromatic heterocycles. The summed E-state index contributed by atoms with van der Waals surface area (Å²) in [4.78, 5) is 29.2. The second-order valence-corrected chi connectivity index (χ2v) is 9.16. The van der Waals surface area contributed by atoms with Crippen LogP contribution >= 0.6 is 23.2 Å². The minimum absolute atomic E-state index is 0.0442. The van der Waals surface area contributed by atoms with Gasteiger partial charge in [-0.15, -0.1) is 0 Å². The highest BCUT2D eigenvalue weighted by atomic mass is 35.5. The molecule has 0 bridgehead atoms. The number of hydrogen-bond donors (Lipinski definition) is 2. The lowest BCUT2D eigenvalue weighted by molar-refractivity contribution is -0.193. The van der Waals surface area contributed by atoms with Gasteiger partial charge in [0.1, 0.15) is 6.54 Å². The van der Waals surface area contributed by atoms with Crippen LogP contribution in [0.3, 0.4) is 0 Å². The van der Waals surface area contributed by atoms with Crippen molar-refractivity contribution in [3.05, 3.63) is 68.7 Å². The number of rotatable bonds is 7. The molecule has 1 aliphatic heterocycles. The van der Waals surface area contributed by atoms with Crippen LogP contribution in [0.5, 0.6) is 0 Å². The summed E-state index contributed by atoms with van der Waals surface area (Å²) in [6, 6.07) is 8.42. The molecule has 1 unspecified atom stereocenters. The number of nitrogens with one attached hydrogen (secondary N) is 2. The van der Waals surface area contributed by atoms with Crippen molar-refractivity contribution in [3.8, 4) is 0 Å². The van der Waals surface area contributed by atoms with Gasteiger partial charge < -0.3 is 15.5 Å². The Morgan fingerprint density at radius 1 is 1.06 bits per heavy atom. The maximum absolute atomic E-state index is 14.8. The summed E-state index contributed by atoms with van der Waals surface area (Å²) in [5.41, 5.74) is -0.973. The van der Waals surface area contributed by atoms with Crippen molar-refractivity contribution >= 4 is 40.7 Å². The molecule has 0 fully saturated rings. The van der Waals surface area contributed by atoms with Crippen molar-refractivity contribution in [2.24, 2.45) is 5.16 Å². The van der Waals surface area contributed by atoms with Crippen molar-refractivity contribution in [1.82, 2.24) is 10.6 Å².